The van der Waals surface area contributed by atoms with Gasteiger partial charge in [0.15, 0.2) is 0 Å². The van der Waals surface area contributed by atoms with Crippen molar-refractivity contribution in [3.8, 4) is 0 Å². The topological polar surface area (TPSA) is 56.0 Å². The Bertz CT molecular complexity index is 495. The Labute approximate surface area is 93.1 Å². The van der Waals surface area contributed by atoms with Gasteiger partial charge in [-0.1, -0.05) is 15.9 Å². The Morgan fingerprint density at radius 2 is 2.36 bits per heavy atom. The molecule has 14 heavy (non-hydrogen) atoms. The minimum Gasteiger partial charge on any atom is -0.369 e. The Kier molecular flexibility index (Phi) is 2.52. The molecule has 0 radical (unpaired) electrons. The van der Waals surface area contributed by atoms with Crippen molar-refractivity contribution < 1.29 is 4.79 Å². The van der Waals surface area contributed by atoms with Crippen LogP contribution in [0.2, 0.25) is 0 Å². The molecule has 0 fully saturated rings. The normalized spacial score (nSPS) is 10.6. The smallest absolute Gasteiger partial charge is 0.224 e. The Morgan fingerprint density at radius 1 is 1.57 bits per heavy atom. The maximum Gasteiger partial charge on any atom is 0.224 e. The molecule has 2 N–H and O–H groups in total. The second-order valence-electron chi connectivity index (χ2n) is 2.86. The number of fused-ring (bicyclic) bond motifs is 1. The molecule has 0 unspecified atom stereocenters. The predicted octanol–water partition coefficient (Wildman–Crippen LogP) is 2.09. The summed E-state index contributed by atoms with van der Waals surface area (Å²) < 4.78 is 2.08. The highest BCUT2D eigenvalue weighted by Gasteiger charge is 2.06. The molecule has 72 valence electrons. The third-order valence-electron chi connectivity index (χ3n) is 1.72. The first-order valence-corrected chi connectivity index (χ1v) is 5.59. The van der Waals surface area contributed by atoms with Crippen molar-refractivity contribution in [3.63, 3.8) is 0 Å². The summed E-state index contributed by atoms with van der Waals surface area (Å²) in [5, 5.41) is 0.769. The molecule has 0 aliphatic rings. The van der Waals surface area contributed by atoms with Crippen LogP contribution < -0.4 is 5.73 Å². The van der Waals surface area contributed by atoms with Gasteiger partial charge in [0.05, 0.1) is 16.6 Å². The number of nitrogens with two attached hydrogens (primary N) is 1. The van der Waals surface area contributed by atoms with E-state index >= 15 is 0 Å². The number of nitrogens with zero attached hydrogens (tertiary/aromatic N) is 1. The lowest BCUT2D eigenvalue weighted by Gasteiger charge is -1.87. The van der Waals surface area contributed by atoms with Crippen LogP contribution in [0.1, 0.15) is 5.01 Å². The lowest BCUT2D eigenvalue weighted by Crippen LogP contribution is -2.13. The number of carbonyl (C=O) groups is 1. The van der Waals surface area contributed by atoms with Gasteiger partial charge in [-0.3, -0.25) is 4.79 Å². The number of primary amides is 1. The fourth-order valence-corrected chi connectivity index (χ4v) is 2.70. The van der Waals surface area contributed by atoms with Gasteiger partial charge in [0.25, 0.3) is 0 Å². The number of benzene rings is 1. The summed E-state index contributed by atoms with van der Waals surface area (Å²) in [5.74, 6) is -0.344. The fourth-order valence-electron chi connectivity index (χ4n) is 1.17. The van der Waals surface area contributed by atoms with Crippen LogP contribution in [0.15, 0.2) is 22.7 Å². The Morgan fingerprint density at radius 3 is 3.07 bits per heavy atom. The van der Waals surface area contributed by atoms with E-state index in [1.807, 2.05) is 18.2 Å². The van der Waals surface area contributed by atoms with Crippen LogP contribution in [0.5, 0.6) is 0 Å². The molecule has 1 heterocycles. The first-order valence-electron chi connectivity index (χ1n) is 3.98. The standard InChI is InChI=1S/C9H7BrN2OS/c10-5-1-2-6-7(3-5)14-9(12-6)4-8(11)13/h1-3H,4H2,(H2,11,13). The number of carbonyl (C=O) groups excluding carboxylic acids is 1. The lowest BCUT2D eigenvalue weighted by atomic mass is 10.3. The van der Waals surface area contributed by atoms with Gasteiger partial charge in [0.1, 0.15) is 5.01 Å². The molecule has 2 rings (SSSR count). The third kappa shape index (κ3) is 1.93. The summed E-state index contributed by atoms with van der Waals surface area (Å²) in [6.45, 7) is 0. The highest BCUT2D eigenvalue weighted by Crippen LogP contribution is 2.25. The molecule has 2 aromatic rings. The van der Waals surface area contributed by atoms with E-state index in [-0.39, 0.29) is 12.3 Å². The van der Waals surface area contributed by atoms with E-state index in [1.165, 1.54) is 11.3 Å². The average molecular weight is 271 g/mol. The van der Waals surface area contributed by atoms with Crippen molar-refractivity contribution in [1.29, 1.82) is 0 Å². The van der Waals surface area contributed by atoms with Crippen molar-refractivity contribution >= 4 is 43.4 Å². The largest absolute Gasteiger partial charge is 0.369 e. The quantitative estimate of drug-likeness (QED) is 0.909. The van der Waals surface area contributed by atoms with Crippen molar-refractivity contribution in [1.82, 2.24) is 4.98 Å². The van der Waals surface area contributed by atoms with Crippen LogP contribution in [-0.4, -0.2) is 10.9 Å². The van der Waals surface area contributed by atoms with Crippen molar-refractivity contribution in [2.45, 2.75) is 6.42 Å². The van der Waals surface area contributed by atoms with E-state index in [0.29, 0.717) is 0 Å². The molecule has 0 atom stereocenters. The maximum atomic E-state index is 10.7. The van der Waals surface area contributed by atoms with E-state index < -0.39 is 0 Å². The van der Waals surface area contributed by atoms with E-state index in [4.69, 9.17) is 5.73 Å². The summed E-state index contributed by atoms with van der Waals surface area (Å²) >= 11 is 4.88. The van der Waals surface area contributed by atoms with E-state index in [0.717, 1.165) is 19.7 Å². The van der Waals surface area contributed by atoms with E-state index in [2.05, 4.69) is 20.9 Å². The van der Waals surface area contributed by atoms with E-state index in [9.17, 15) is 4.79 Å². The van der Waals surface area contributed by atoms with Crippen molar-refractivity contribution in [2.24, 2.45) is 5.73 Å². The first kappa shape index (κ1) is 9.61. The number of halogens is 1. The van der Waals surface area contributed by atoms with Gasteiger partial charge in [-0.25, -0.2) is 4.98 Å². The molecule has 0 bridgehead atoms. The van der Waals surface area contributed by atoms with Crippen LogP contribution in [0.4, 0.5) is 0 Å². The van der Waals surface area contributed by atoms with Gasteiger partial charge in [0, 0.05) is 4.47 Å². The van der Waals surface area contributed by atoms with E-state index in [1.54, 1.807) is 0 Å². The van der Waals surface area contributed by atoms with Gasteiger partial charge < -0.3 is 5.73 Å². The summed E-state index contributed by atoms with van der Waals surface area (Å²) in [6, 6.07) is 5.83. The number of rotatable bonds is 2. The highest BCUT2D eigenvalue weighted by atomic mass is 79.9. The third-order valence-corrected chi connectivity index (χ3v) is 3.23. The van der Waals surface area contributed by atoms with Gasteiger partial charge in [-0.2, -0.15) is 0 Å². The number of hydrogen-bond donors (Lipinski definition) is 1. The number of thiazole rings is 1. The van der Waals surface area contributed by atoms with Gasteiger partial charge in [0.2, 0.25) is 5.91 Å². The summed E-state index contributed by atoms with van der Waals surface area (Å²) in [5.41, 5.74) is 6.01. The first-order chi connectivity index (χ1) is 6.65. The Balaban J connectivity index is 2.46. The van der Waals surface area contributed by atoms with Gasteiger partial charge in [-0.15, -0.1) is 11.3 Å². The second kappa shape index (κ2) is 3.67. The fraction of sp³-hybridized carbons (Fsp3) is 0.111. The monoisotopic (exact) mass is 270 g/mol. The zero-order valence-corrected chi connectivity index (χ0v) is 9.56. The molecular weight excluding hydrogens is 264 g/mol. The zero-order chi connectivity index (χ0) is 10.1. The summed E-state index contributed by atoms with van der Waals surface area (Å²) in [7, 11) is 0. The lowest BCUT2D eigenvalue weighted by molar-refractivity contribution is -0.117. The summed E-state index contributed by atoms with van der Waals surface area (Å²) in [4.78, 5) is 15.0. The predicted molar refractivity (Wildman–Crippen MR) is 60.2 cm³/mol. The molecule has 3 nitrogen and oxygen atoms in total. The molecule has 0 saturated carbocycles. The highest BCUT2D eigenvalue weighted by molar-refractivity contribution is 9.10. The molecule has 1 aromatic heterocycles. The minimum absolute atomic E-state index is 0.219. The minimum atomic E-state index is -0.344. The summed E-state index contributed by atoms with van der Waals surface area (Å²) in [6.07, 6.45) is 0.219. The zero-order valence-electron chi connectivity index (χ0n) is 7.16. The number of aromatic nitrogens is 1. The average Bonchev–Trinajstić information content (AvgIpc) is 2.44. The van der Waals surface area contributed by atoms with Crippen LogP contribution >= 0.6 is 27.3 Å². The maximum absolute atomic E-state index is 10.7. The SMILES string of the molecule is NC(=O)Cc1nc2ccc(Br)cc2s1. The van der Waals surface area contributed by atoms with Crippen LogP contribution in [0.3, 0.4) is 0 Å². The van der Waals surface area contributed by atoms with Gasteiger partial charge >= 0.3 is 0 Å². The molecule has 0 spiro atoms. The number of amides is 1. The molecule has 0 aliphatic carbocycles. The molecule has 1 amide bonds. The second-order valence-corrected chi connectivity index (χ2v) is 4.89. The van der Waals surface area contributed by atoms with Gasteiger partial charge in [-0.05, 0) is 18.2 Å². The molecule has 1 aromatic carbocycles. The van der Waals surface area contributed by atoms with Crippen LogP contribution in [-0.2, 0) is 11.2 Å². The molecule has 5 heteroatoms. The van der Waals surface area contributed by atoms with Crippen LogP contribution in [0, 0.1) is 0 Å². The molecular formula is C9H7BrN2OS. The van der Waals surface area contributed by atoms with Crippen molar-refractivity contribution in [3.05, 3.63) is 27.7 Å². The molecule has 0 saturated heterocycles. The Hall–Kier alpha value is -0.940. The number of hydrogen-bond acceptors (Lipinski definition) is 3. The molecule has 0 aliphatic heterocycles. The van der Waals surface area contributed by atoms with Crippen molar-refractivity contribution in [2.75, 3.05) is 0 Å². The van der Waals surface area contributed by atoms with Crippen LogP contribution in [0.25, 0.3) is 10.2 Å².